The van der Waals surface area contributed by atoms with Gasteiger partial charge in [-0.15, -0.1) is 36.4 Å². The molecule has 0 fully saturated rings. The van der Waals surface area contributed by atoms with Crippen molar-refractivity contribution in [3.63, 3.8) is 0 Å². The van der Waals surface area contributed by atoms with Gasteiger partial charge in [-0.2, -0.15) is 0 Å². The molecule has 176 valence electrons. The first-order chi connectivity index (χ1) is 16.5. The Labute approximate surface area is 215 Å². The fourth-order valence-corrected chi connectivity index (χ4v) is 3.04. The van der Waals surface area contributed by atoms with E-state index in [1.165, 1.54) is 0 Å². The second kappa shape index (κ2) is 13.0. The predicted octanol–water partition coefficient (Wildman–Crippen LogP) is 5.21. The van der Waals surface area contributed by atoms with Crippen LogP contribution in [0.15, 0.2) is 79.3 Å². The summed E-state index contributed by atoms with van der Waals surface area (Å²) in [5.41, 5.74) is 4.46. The molecule has 2 aromatic carbocycles. The quantitative estimate of drug-likeness (QED) is 0.253. The Bertz CT molecular complexity index is 1320. The van der Waals surface area contributed by atoms with Gasteiger partial charge in [0.05, 0.1) is 0 Å². The molecule has 0 spiro atoms. The summed E-state index contributed by atoms with van der Waals surface area (Å²) >= 11 is 0. The minimum Gasteiger partial charge on any atom is -0.512 e. The molecule has 0 unspecified atom stereocenters. The van der Waals surface area contributed by atoms with Crippen molar-refractivity contribution in [2.24, 2.45) is 14.1 Å². The third kappa shape index (κ3) is 7.24. The minimum absolute atomic E-state index is 0. The number of halogens is 2. The van der Waals surface area contributed by atoms with E-state index in [2.05, 4.69) is 27.3 Å². The van der Waals surface area contributed by atoms with Crippen LogP contribution in [0, 0.1) is 35.6 Å². The van der Waals surface area contributed by atoms with Crippen LogP contribution in [0.4, 0.5) is 8.78 Å². The standard InChI is InChI=1S/C14H13N4.C11H6F2N.CN.Ir/c1-17-8-6-13(15-17)11-4-3-5-12(10-11)14-7-9-18(2)16-14;12-8-4-5-9(10(13)7-8)11-3-1-2-6-14-11;1-2;/h3-9H,1-2H3;1-4,6-7H;;/q3*-1;+3. The number of hydrogen-bond donors (Lipinski definition) is 0. The third-order valence-electron chi connectivity index (χ3n) is 4.55. The van der Waals surface area contributed by atoms with Crippen molar-refractivity contribution in [2.75, 3.05) is 0 Å². The first-order valence-corrected chi connectivity index (χ1v) is 10.0. The number of benzene rings is 2. The van der Waals surface area contributed by atoms with Crippen LogP contribution in [0.5, 0.6) is 0 Å². The molecule has 0 aliphatic heterocycles. The van der Waals surface area contributed by atoms with Crippen LogP contribution in [-0.2, 0) is 34.2 Å². The van der Waals surface area contributed by atoms with Crippen LogP contribution in [0.25, 0.3) is 33.8 Å². The van der Waals surface area contributed by atoms with E-state index in [0.717, 1.165) is 34.6 Å². The zero-order chi connectivity index (χ0) is 24.5. The van der Waals surface area contributed by atoms with E-state index in [1.54, 1.807) is 33.8 Å². The Morgan fingerprint density at radius 2 is 1.43 bits per heavy atom. The summed E-state index contributed by atoms with van der Waals surface area (Å²) in [4.78, 5) is 3.95. The normalized spacial score (nSPS) is 9.66. The summed E-state index contributed by atoms with van der Waals surface area (Å²) < 4.78 is 29.4. The maximum atomic E-state index is 13.2. The molecule has 0 saturated heterocycles. The van der Waals surface area contributed by atoms with Gasteiger partial charge in [-0.1, -0.05) is 47.0 Å². The van der Waals surface area contributed by atoms with Crippen molar-refractivity contribution in [3.05, 3.63) is 110 Å². The van der Waals surface area contributed by atoms with Crippen molar-refractivity contribution < 1.29 is 28.9 Å². The summed E-state index contributed by atoms with van der Waals surface area (Å²) in [5, 5.41) is 15.0. The van der Waals surface area contributed by atoms with Gasteiger partial charge in [0.25, 0.3) is 0 Å². The van der Waals surface area contributed by atoms with Crippen molar-refractivity contribution in [1.29, 1.82) is 5.26 Å². The maximum absolute atomic E-state index is 13.2. The molecule has 3 heterocycles. The summed E-state index contributed by atoms with van der Waals surface area (Å²) in [6.45, 7) is 4.75. The van der Waals surface area contributed by atoms with Crippen LogP contribution in [0.3, 0.4) is 0 Å². The summed E-state index contributed by atoms with van der Waals surface area (Å²) in [7, 11) is 3.82. The second-order valence-corrected chi connectivity index (χ2v) is 6.98. The number of hydrogen-bond acceptors (Lipinski definition) is 4. The van der Waals surface area contributed by atoms with Gasteiger partial charge in [-0.25, -0.2) is 10.2 Å². The molecular formula is C26H19F2IrN6. The first kappa shape index (κ1) is 27.3. The van der Waals surface area contributed by atoms with E-state index in [4.69, 9.17) is 11.8 Å². The van der Waals surface area contributed by atoms with E-state index < -0.39 is 11.6 Å². The van der Waals surface area contributed by atoms with Crippen LogP contribution in [0.1, 0.15) is 0 Å². The molecule has 0 amide bonds. The number of rotatable bonds is 3. The molecule has 0 N–H and O–H groups in total. The summed E-state index contributed by atoms with van der Waals surface area (Å²) in [6.07, 6.45) is 5.40. The Kier molecular flexibility index (Phi) is 10.2. The van der Waals surface area contributed by atoms with Gasteiger partial charge in [0, 0.05) is 55.7 Å². The topological polar surface area (TPSA) is 72.3 Å². The van der Waals surface area contributed by atoms with Crippen LogP contribution in [-0.4, -0.2) is 24.5 Å². The Hall–Kier alpha value is -3.99. The largest absolute Gasteiger partial charge is 3.00 e. The third-order valence-corrected chi connectivity index (χ3v) is 4.55. The monoisotopic (exact) mass is 646 g/mol. The number of aryl methyl sites for hydroxylation is 2. The van der Waals surface area contributed by atoms with Gasteiger partial charge < -0.3 is 16.8 Å². The molecule has 5 aromatic rings. The summed E-state index contributed by atoms with van der Waals surface area (Å²) in [5.74, 6) is -1.29. The molecule has 9 heteroatoms. The molecule has 0 aliphatic rings. The molecule has 3 aromatic heterocycles. The Balaban J connectivity index is 0.000000231. The van der Waals surface area contributed by atoms with Gasteiger partial charge >= 0.3 is 20.1 Å². The van der Waals surface area contributed by atoms with Crippen LogP contribution < -0.4 is 0 Å². The first-order valence-electron chi connectivity index (χ1n) is 10.0. The van der Waals surface area contributed by atoms with E-state index >= 15 is 0 Å². The molecule has 0 atom stereocenters. The molecule has 6 nitrogen and oxygen atoms in total. The number of aromatic nitrogens is 5. The zero-order valence-corrected chi connectivity index (χ0v) is 21.2. The smallest absolute Gasteiger partial charge is 0.512 e. The van der Waals surface area contributed by atoms with E-state index in [1.807, 2.05) is 56.8 Å². The van der Waals surface area contributed by atoms with E-state index in [-0.39, 0.29) is 25.7 Å². The Morgan fingerprint density at radius 3 is 1.89 bits per heavy atom. The molecular weight excluding hydrogens is 627 g/mol. The van der Waals surface area contributed by atoms with Crippen molar-refractivity contribution in [1.82, 2.24) is 24.5 Å². The molecule has 0 bridgehead atoms. The zero-order valence-electron chi connectivity index (χ0n) is 18.8. The van der Waals surface area contributed by atoms with Gasteiger partial charge in [0.2, 0.25) is 0 Å². The fourth-order valence-electron chi connectivity index (χ4n) is 3.04. The van der Waals surface area contributed by atoms with Gasteiger partial charge in [-0.3, -0.25) is 18.1 Å². The van der Waals surface area contributed by atoms with Crippen molar-refractivity contribution in [2.45, 2.75) is 0 Å². The minimum atomic E-state index is -0.649. The van der Waals surface area contributed by atoms with E-state index in [9.17, 15) is 8.78 Å². The van der Waals surface area contributed by atoms with Crippen LogP contribution >= 0.6 is 0 Å². The molecule has 5 rings (SSSR count). The van der Waals surface area contributed by atoms with Gasteiger partial charge in [0.1, 0.15) is 0 Å². The average molecular weight is 646 g/mol. The van der Waals surface area contributed by atoms with Crippen molar-refractivity contribution in [3.8, 4) is 33.8 Å². The van der Waals surface area contributed by atoms with Gasteiger partial charge in [0.15, 0.2) is 0 Å². The predicted molar refractivity (Wildman–Crippen MR) is 123 cm³/mol. The number of pyridine rings is 1. The molecule has 0 radical (unpaired) electrons. The molecule has 0 saturated carbocycles. The SMILES string of the molecule is Cn1ccc(-c2[c-]c(-c3ccn(C)n3)ccc2)n1.Fc1c[c-]c(-c2ccccn2)c(F)c1.[C-]#N.[Ir+3]. The average Bonchev–Trinajstić information content (AvgIpc) is 3.50. The van der Waals surface area contributed by atoms with Crippen LogP contribution in [0.2, 0.25) is 0 Å². The molecule has 35 heavy (non-hydrogen) atoms. The number of nitrogens with zero attached hydrogens (tertiary/aromatic N) is 6. The van der Waals surface area contributed by atoms with Crippen molar-refractivity contribution >= 4 is 0 Å². The summed E-state index contributed by atoms with van der Waals surface area (Å²) in [6, 6.07) is 22.9. The van der Waals surface area contributed by atoms with Gasteiger partial charge in [-0.05, 0) is 11.8 Å². The fraction of sp³-hybridized carbons (Fsp3) is 0.0769. The second-order valence-electron chi connectivity index (χ2n) is 6.98. The molecule has 0 aliphatic carbocycles. The van der Waals surface area contributed by atoms with E-state index in [0.29, 0.717) is 5.69 Å². The maximum Gasteiger partial charge on any atom is 3.00 e. The Morgan fingerprint density at radius 1 is 0.829 bits per heavy atom.